The molecule has 0 heterocycles. The molecule has 130 valence electrons. The molecule has 2 rings (SSSR count). The lowest BCUT2D eigenvalue weighted by molar-refractivity contribution is -0.129. The summed E-state index contributed by atoms with van der Waals surface area (Å²) >= 11 is 15.1. The van der Waals surface area contributed by atoms with Gasteiger partial charge < -0.3 is 10.2 Å². The van der Waals surface area contributed by atoms with Crippen molar-refractivity contribution in [2.75, 3.05) is 18.9 Å². The van der Waals surface area contributed by atoms with E-state index in [4.69, 9.17) is 23.2 Å². The zero-order valence-corrected chi connectivity index (χ0v) is 16.4. The number of carbonyl (C=O) groups excluding carboxylic acids is 2. The van der Waals surface area contributed by atoms with Gasteiger partial charge in [-0.1, -0.05) is 41.4 Å². The minimum atomic E-state index is -0.298. The Morgan fingerprint density at radius 3 is 2.56 bits per heavy atom. The van der Waals surface area contributed by atoms with Gasteiger partial charge in [0, 0.05) is 17.6 Å². The van der Waals surface area contributed by atoms with Crippen LogP contribution in [-0.4, -0.2) is 30.3 Å². The van der Waals surface area contributed by atoms with Crippen molar-refractivity contribution in [3.63, 3.8) is 0 Å². The molecule has 0 saturated carbocycles. The Labute approximate surface area is 164 Å². The second-order valence-corrected chi connectivity index (χ2v) is 6.90. The maximum Gasteiger partial charge on any atom is 0.246 e. The van der Waals surface area contributed by atoms with E-state index in [2.05, 4.69) is 21.2 Å². The van der Waals surface area contributed by atoms with Crippen LogP contribution in [0.2, 0.25) is 10.0 Å². The lowest BCUT2D eigenvalue weighted by Crippen LogP contribution is -2.33. The van der Waals surface area contributed by atoms with E-state index in [-0.39, 0.29) is 18.4 Å². The van der Waals surface area contributed by atoms with E-state index in [9.17, 15) is 9.59 Å². The fourth-order valence-electron chi connectivity index (χ4n) is 1.96. The van der Waals surface area contributed by atoms with Gasteiger partial charge in [0.05, 0.1) is 22.3 Å². The maximum absolute atomic E-state index is 12.1. The molecule has 0 unspecified atom stereocenters. The van der Waals surface area contributed by atoms with Gasteiger partial charge in [0.1, 0.15) is 0 Å². The molecule has 0 fully saturated rings. The number of halogens is 3. The zero-order chi connectivity index (χ0) is 18.4. The molecular weight excluding hydrogens is 427 g/mol. The van der Waals surface area contributed by atoms with Gasteiger partial charge in [0.2, 0.25) is 11.8 Å². The van der Waals surface area contributed by atoms with Crippen molar-refractivity contribution in [1.29, 1.82) is 0 Å². The van der Waals surface area contributed by atoms with Gasteiger partial charge in [-0.3, -0.25) is 9.59 Å². The fourth-order valence-corrected chi connectivity index (χ4v) is 2.65. The van der Waals surface area contributed by atoms with Crippen molar-refractivity contribution in [3.8, 4) is 0 Å². The summed E-state index contributed by atoms with van der Waals surface area (Å²) in [4.78, 5) is 25.5. The van der Waals surface area contributed by atoms with Crippen LogP contribution in [0.1, 0.15) is 5.56 Å². The molecule has 0 aliphatic carbocycles. The summed E-state index contributed by atoms with van der Waals surface area (Å²) in [5, 5.41) is 3.61. The van der Waals surface area contributed by atoms with Crippen molar-refractivity contribution in [3.05, 3.63) is 68.6 Å². The van der Waals surface area contributed by atoms with Crippen LogP contribution < -0.4 is 5.32 Å². The highest BCUT2D eigenvalue weighted by Crippen LogP contribution is 2.23. The molecule has 2 aromatic carbocycles. The second-order valence-electron chi connectivity index (χ2n) is 5.23. The Balaban J connectivity index is 1.93. The monoisotopic (exact) mass is 440 g/mol. The predicted octanol–water partition coefficient (Wildman–Crippen LogP) is 4.87. The standard InChI is InChI=1S/C18H15BrCl2N2O2/c1-23(11-17(24)22-16-5-3-2-4-13(16)19)18(25)9-7-12-6-8-14(20)15(21)10-12/h2-10H,11H2,1H3,(H,22,24)/b9-7+. The summed E-state index contributed by atoms with van der Waals surface area (Å²) in [6, 6.07) is 12.3. The number of hydrogen-bond donors (Lipinski definition) is 1. The number of para-hydroxylation sites is 1. The number of rotatable bonds is 5. The molecular formula is C18H15BrCl2N2O2. The molecule has 0 saturated heterocycles. The number of likely N-dealkylation sites (N-methyl/N-ethyl adjacent to an activating group) is 1. The smallest absolute Gasteiger partial charge is 0.246 e. The van der Waals surface area contributed by atoms with Gasteiger partial charge in [0.15, 0.2) is 0 Å². The highest BCUT2D eigenvalue weighted by atomic mass is 79.9. The van der Waals surface area contributed by atoms with Crippen LogP contribution in [0.5, 0.6) is 0 Å². The van der Waals surface area contributed by atoms with E-state index < -0.39 is 0 Å². The molecule has 1 N–H and O–H groups in total. The topological polar surface area (TPSA) is 49.4 Å². The average molecular weight is 442 g/mol. The highest BCUT2D eigenvalue weighted by Gasteiger charge is 2.11. The molecule has 25 heavy (non-hydrogen) atoms. The van der Waals surface area contributed by atoms with Crippen LogP contribution in [0, 0.1) is 0 Å². The fraction of sp³-hybridized carbons (Fsp3) is 0.111. The zero-order valence-electron chi connectivity index (χ0n) is 13.3. The van der Waals surface area contributed by atoms with E-state index in [1.807, 2.05) is 18.2 Å². The Morgan fingerprint density at radius 1 is 1.16 bits per heavy atom. The van der Waals surface area contributed by atoms with Crippen molar-refractivity contribution >= 4 is 62.7 Å². The van der Waals surface area contributed by atoms with Crippen LogP contribution in [0.3, 0.4) is 0 Å². The van der Waals surface area contributed by atoms with Crippen LogP contribution in [-0.2, 0) is 9.59 Å². The van der Waals surface area contributed by atoms with Gasteiger partial charge in [-0.15, -0.1) is 0 Å². The molecule has 4 nitrogen and oxygen atoms in total. The second kappa shape index (κ2) is 9.04. The molecule has 2 amide bonds. The number of nitrogens with one attached hydrogen (secondary N) is 1. The molecule has 0 aliphatic rings. The van der Waals surface area contributed by atoms with Crippen molar-refractivity contribution in [2.45, 2.75) is 0 Å². The molecule has 0 aliphatic heterocycles. The SMILES string of the molecule is CN(CC(=O)Nc1ccccc1Br)C(=O)/C=C/c1ccc(Cl)c(Cl)c1. The van der Waals surface area contributed by atoms with E-state index >= 15 is 0 Å². The third-order valence-corrected chi connectivity index (χ3v) is 4.70. The van der Waals surface area contributed by atoms with Crippen molar-refractivity contribution < 1.29 is 9.59 Å². The largest absolute Gasteiger partial charge is 0.333 e. The van der Waals surface area contributed by atoms with E-state index in [1.54, 1.807) is 37.4 Å². The van der Waals surface area contributed by atoms with Crippen LogP contribution >= 0.6 is 39.1 Å². The minimum Gasteiger partial charge on any atom is -0.333 e. The number of benzene rings is 2. The lowest BCUT2D eigenvalue weighted by atomic mass is 10.2. The molecule has 7 heteroatoms. The van der Waals surface area contributed by atoms with Crippen LogP contribution in [0.25, 0.3) is 6.08 Å². The van der Waals surface area contributed by atoms with E-state index in [0.29, 0.717) is 15.7 Å². The Hall–Kier alpha value is -1.82. The summed E-state index contributed by atoms with van der Waals surface area (Å²) < 4.78 is 0.775. The lowest BCUT2D eigenvalue weighted by Gasteiger charge is -2.15. The summed E-state index contributed by atoms with van der Waals surface area (Å²) in [6.07, 6.45) is 3.00. The van der Waals surface area contributed by atoms with Gasteiger partial charge in [-0.05, 0) is 51.8 Å². The third-order valence-electron chi connectivity index (χ3n) is 3.27. The maximum atomic E-state index is 12.1. The molecule has 0 spiro atoms. The minimum absolute atomic E-state index is 0.0636. The summed E-state index contributed by atoms with van der Waals surface area (Å²) in [7, 11) is 1.56. The van der Waals surface area contributed by atoms with Crippen LogP contribution in [0.15, 0.2) is 53.0 Å². The number of carbonyl (C=O) groups is 2. The molecule has 0 radical (unpaired) electrons. The number of amides is 2. The average Bonchev–Trinajstić information content (AvgIpc) is 2.57. The summed E-state index contributed by atoms with van der Waals surface area (Å²) in [5.41, 5.74) is 1.40. The van der Waals surface area contributed by atoms with Gasteiger partial charge >= 0.3 is 0 Å². The Kier molecular flexibility index (Phi) is 7.05. The van der Waals surface area contributed by atoms with Crippen LogP contribution in [0.4, 0.5) is 5.69 Å². The summed E-state index contributed by atoms with van der Waals surface area (Å²) in [6.45, 7) is -0.0636. The number of hydrogen-bond acceptors (Lipinski definition) is 2. The normalized spacial score (nSPS) is 10.7. The quantitative estimate of drug-likeness (QED) is 0.673. The Bertz CT molecular complexity index is 824. The van der Waals surface area contributed by atoms with E-state index in [1.165, 1.54) is 11.0 Å². The predicted molar refractivity (Wildman–Crippen MR) is 106 cm³/mol. The molecule has 0 bridgehead atoms. The molecule has 2 aromatic rings. The van der Waals surface area contributed by atoms with Crippen molar-refractivity contribution in [1.82, 2.24) is 4.90 Å². The molecule has 0 aromatic heterocycles. The first-order chi connectivity index (χ1) is 11.9. The third kappa shape index (κ3) is 5.88. The van der Waals surface area contributed by atoms with E-state index in [0.717, 1.165) is 10.0 Å². The van der Waals surface area contributed by atoms with Gasteiger partial charge in [0.25, 0.3) is 0 Å². The number of nitrogens with zero attached hydrogens (tertiary/aromatic N) is 1. The van der Waals surface area contributed by atoms with Gasteiger partial charge in [-0.25, -0.2) is 0 Å². The van der Waals surface area contributed by atoms with Gasteiger partial charge in [-0.2, -0.15) is 0 Å². The first-order valence-corrected chi connectivity index (χ1v) is 8.84. The molecule has 0 atom stereocenters. The first-order valence-electron chi connectivity index (χ1n) is 7.29. The number of anilines is 1. The highest BCUT2D eigenvalue weighted by molar-refractivity contribution is 9.10. The Morgan fingerprint density at radius 2 is 1.88 bits per heavy atom. The van der Waals surface area contributed by atoms with Crippen molar-refractivity contribution in [2.24, 2.45) is 0 Å². The summed E-state index contributed by atoms with van der Waals surface area (Å²) in [5.74, 6) is -0.584. The first kappa shape index (κ1) is 19.5.